The molecule has 10 heteroatoms. The number of thiophene rings is 1. The number of fused-ring (bicyclic) bond motifs is 1. The first kappa shape index (κ1) is 20.7. The number of aromatic hydroxyl groups is 2. The van der Waals surface area contributed by atoms with Crippen molar-refractivity contribution in [2.24, 2.45) is 0 Å². The van der Waals surface area contributed by atoms with Crippen molar-refractivity contribution in [1.82, 2.24) is 14.9 Å². The van der Waals surface area contributed by atoms with E-state index in [1.165, 1.54) is 12.4 Å². The summed E-state index contributed by atoms with van der Waals surface area (Å²) in [4.78, 5) is 11.3. The van der Waals surface area contributed by atoms with Crippen LogP contribution in [0.2, 0.25) is 0 Å². The van der Waals surface area contributed by atoms with Crippen LogP contribution in [0, 0.1) is 0 Å². The second kappa shape index (κ2) is 8.27. The third kappa shape index (κ3) is 4.76. The van der Waals surface area contributed by atoms with Crippen molar-refractivity contribution in [3.8, 4) is 11.5 Å². The normalized spacial score (nSPS) is 16.2. The molecule has 1 saturated heterocycles. The predicted molar refractivity (Wildman–Crippen MR) is 109 cm³/mol. The smallest absolute Gasteiger partial charge is 0.393 e. The molecule has 0 aliphatic carbocycles. The Morgan fingerprint density at radius 3 is 2.50 bits per heavy atom. The molecule has 0 unspecified atom stereocenters. The van der Waals surface area contributed by atoms with E-state index < -0.39 is 12.6 Å². The second-order valence-corrected chi connectivity index (χ2v) is 8.53. The summed E-state index contributed by atoms with van der Waals surface area (Å²) in [6, 6.07) is 6.35. The first-order chi connectivity index (χ1) is 14.3. The van der Waals surface area contributed by atoms with Crippen LogP contribution in [-0.4, -0.2) is 50.4 Å². The summed E-state index contributed by atoms with van der Waals surface area (Å²) >= 11 is 1.04. The van der Waals surface area contributed by atoms with Crippen LogP contribution in [0.25, 0.3) is 10.2 Å². The summed E-state index contributed by atoms with van der Waals surface area (Å²) in [5.41, 5.74) is 0.511. The van der Waals surface area contributed by atoms with Crippen molar-refractivity contribution < 1.29 is 23.4 Å². The molecule has 3 heterocycles. The zero-order valence-electron chi connectivity index (χ0n) is 16.0. The van der Waals surface area contributed by atoms with Crippen molar-refractivity contribution >= 4 is 27.4 Å². The Hall–Kier alpha value is -2.59. The fourth-order valence-corrected chi connectivity index (χ4v) is 4.71. The lowest BCUT2D eigenvalue weighted by Gasteiger charge is -2.32. The highest BCUT2D eigenvalue weighted by Crippen LogP contribution is 2.33. The summed E-state index contributed by atoms with van der Waals surface area (Å²) in [7, 11) is 0. The van der Waals surface area contributed by atoms with Crippen LogP contribution in [0.1, 0.15) is 23.3 Å². The number of alkyl halides is 3. The lowest BCUT2D eigenvalue weighted by atomic mass is 10.0. The molecule has 3 N–H and O–H groups in total. The minimum Gasteiger partial charge on any atom is -0.507 e. The quantitative estimate of drug-likeness (QED) is 0.552. The summed E-state index contributed by atoms with van der Waals surface area (Å²) in [6.45, 7) is 1.96. The van der Waals surface area contributed by atoms with Gasteiger partial charge in [0.15, 0.2) is 0 Å². The number of phenolic OH excluding ortho intramolecular Hbond substituents is 2. The van der Waals surface area contributed by atoms with Crippen LogP contribution in [0.5, 0.6) is 11.5 Å². The summed E-state index contributed by atoms with van der Waals surface area (Å²) in [5.74, 6) is 0.706. The van der Waals surface area contributed by atoms with Crippen LogP contribution < -0.4 is 5.32 Å². The molecule has 2 aromatic heterocycles. The van der Waals surface area contributed by atoms with E-state index in [1.807, 2.05) is 0 Å². The highest BCUT2D eigenvalue weighted by Gasteiger charge is 2.29. The van der Waals surface area contributed by atoms with Crippen LogP contribution in [-0.2, 0) is 13.0 Å². The zero-order chi connectivity index (χ0) is 21.3. The monoisotopic (exact) mass is 438 g/mol. The Bertz CT molecular complexity index is 1010. The van der Waals surface area contributed by atoms with Gasteiger partial charge in [-0.2, -0.15) is 13.2 Å². The molecular formula is C20H21F3N4O2S. The average Bonchev–Trinajstić information content (AvgIpc) is 3.08. The molecule has 6 nitrogen and oxygen atoms in total. The maximum Gasteiger partial charge on any atom is 0.393 e. The fourth-order valence-electron chi connectivity index (χ4n) is 3.68. The molecule has 0 saturated carbocycles. The number of anilines is 1. The van der Waals surface area contributed by atoms with Gasteiger partial charge in [-0.3, -0.25) is 4.90 Å². The van der Waals surface area contributed by atoms with Gasteiger partial charge in [-0.1, -0.05) is 6.07 Å². The Balaban J connectivity index is 1.40. The number of nitrogens with zero attached hydrogens (tertiary/aromatic N) is 3. The standard InChI is InChI=1S/C20H21F3N4O2S/c21-20(22,23)9-13-8-14-18(24-11-25-19(14)30-13)26-12-4-6-27(7-5-12)10-15-16(28)2-1-3-17(15)29/h1-3,8,11-12,28-29H,4-7,9-10H2,(H,24,25,26). The van der Waals surface area contributed by atoms with Gasteiger partial charge in [0, 0.05) is 36.1 Å². The average molecular weight is 438 g/mol. The number of rotatable bonds is 5. The van der Waals surface area contributed by atoms with E-state index in [2.05, 4.69) is 20.2 Å². The van der Waals surface area contributed by atoms with E-state index in [-0.39, 0.29) is 22.4 Å². The minimum atomic E-state index is -4.25. The predicted octanol–water partition coefficient (Wildman–Crippen LogP) is 4.28. The van der Waals surface area contributed by atoms with Crippen LogP contribution in [0.3, 0.4) is 0 Å². The Morgan fingerprint density at radius 1 is 1.13 bits per heavy atom. The number of aromatic nitrogens is 2. The second-order valence-electron chi connectivity index (χ2n) is 7.42. The van der Waals surface area contributed by atoms with Gasteiger partial charge in [-0.25, -0.2) is 9.97 Å². The maximum absolute atomic E-state index is 12.7. The molecular weight excluding hydrogens is 417 g/mol. The highest BCUT2D eigenvalue weighted by atomic mass is 32.1. The van der Waals surface area contributed by atoms with E-state index >= 15 is 0 Å². The molecule has 30 heavy (non-hydrogen) atoms. The van der Waals surface area contributed by atoms with Crippen molar-refractivity contribution in [3.05, 3.63) is 41.0 Å². The van der Waals surface area contributed by atoms with Crippen LogP contribution in [0.4, 0.5) is 19.0 Å². The maximum atomic E-state index is 12.7. The minimum absolute atomic E-state index is 0.0748. The van der Waals surface area contributed by atoms with E-state index in [0.29, 0.717) is 28.1 Å². The third-order valence-electron chi connectivity index (χ3n) is 5.19. The Kier molecular flexibility index (Phi) is 5.70. The SMILES string of the molecule is Oc1cccc(O)c1CN1CCC(Nc2ncnc3sc(CC(F)(F)F)cc23)CC1. The van der Waals surface area contributed by atoms with Crippen molar-refractivity contribution in [2.45, 2.75) is 38.0 Å². The van der Waals surface area contributed by atoms with E-state index in [1.54, 1.807) is 18.2 Å². The van der Waals surface area contributed by atoms with Gasteiger partial charge in [0.1, 0.15) is 28.5 Å². The zero-order valence-corrected chi connectivity index (χ0v) is 16.8. The summed E-state index contributed by atoms with van der Waals surface area (Å²) in [6.07, 6.45) is -2.24. The molecule has 160 valence electrons. The number of halogens is 3. The van der Waals surface area contributed by atoms with Gasteiger partial charge in [-0.05, 0) is 31.0 Å². The van der Waals surface area contributed by atoms with Crippen LogP contribution in [0.15, 0.2) is 30.6 Å². The van der Waals surface area contributed by atoms with E-state index in [4.69, 9.17) is 0 Å². The molecule has 0 amide bonds. The number of hydrogen-bond acceptors (Lipinski definition) is 7. The number of hydrogen-bond donors (Lipinski definition) is 3. The van der Waals surface area contributed by atoms with E-state index in [9.17, 15) is 23.4 Å². The fraction of sp³-hybridized carbons (Fsp3) is 0.400. The van der Waals surface area contributed by atoms with Gasteiger partial charge >= 0.3 is 6.18 Å². The molecule has 1 aromatic carbocycles. The lowest BCUT2D eigenvalue weighted by molar-refractivity contribution is -0.126. The number of benzene rings is 1. The number of likely N-dealkylation sites (tertiary alicyclic amines) is 1. The molecule has 0 bridgehead atoms. The lowest BCUT2D eigenvalue weighted by Crippen LogP contribution is -2.38. The Labute approximate surface area is 175 Å². The van der Waals surface area contributed by atoms with Crippen LogP contribution >= 0.6 is 11.3 Å². The number of piperidine rings is 1. The molecule has 0 radical (unpaired) electrons. The number of phenols is 2. The molecule has 0 atom stereocenters. The molecule has 1 aliphatic rings. The summed E-state index contributed by atoms with van der Waals surface area (Å²) < 4.78 is 38.1. The van der Waals surface area contributed by atoms with E-state index in [0.717, 1.165) is 37.3 Å². The van der Waals surface area contributed by atoms with Crippen molar-refractivity contribution in [2.75, 3.05) is 18.4 Å². The van der Waals surface area contributed by atoms with Gasteiger partial charge in [0.25, 0.3) is 0 Å². The molecule has 1 aliphatic heterocycles. The van der Waals surface area contributed by atoms with Gasteiger partial charge in [-0.15, -0.1) is 11.3 Å². The molecule has 3 aromatic rings. The first-order valence-electron chi connectivity index (χ1n) is 9.57. The Morgan fingerprint density at radius 2 is 1.83 bits per heavy atom. The van der Waals surface area contributed by atoms with Crippen molar-refractivity contribution in [1.29, 1.82) is 0 Å². The van der Waals surface area contributed by atoms with Gasteiger partial charge in [0.05, 0.1) is 11.8 Å². The highest BCUT2D eigenvalue weighted by molar-refractivity contribution is 7.18. The van der Waals surface area contributed by atoms with Gasteiger partial charge < -0.3 is 15.5 Å². The topological polar surface area (TPSA) is 81.5 Å². The molecule has 0 spiro atoms. The third-order valence-corrected chi connectivity index (χ3v) is 6.23. The molecule has 4 rings (SSSR count). The first-order valence-corrected chi connectivity index (χ1v) is 10.4. The molecule has 1 fully saturated rings. The summed E-state index contributed by atoms with van der Waals surface area (Å²) in [5, 5.41) is 23.9. The number of nitrogens with one attached hydrogen (secondary N) is 1. The van der Waals surface area contributed by atoms with Gasteiger partial charge in [0.2, 0.25) is 0 Å². The van der Waals surface area contributed by atoms with Crippen molar-refractivity contribution in [3.63, 3.8) is 0 Å². The largest absolute Gasteiger partial charge is 0.507 e.